The fraction of sp³-hybridized carbons (Fsp3) is 0.846. The SMILES string of the molecule is CC[C@@]1(C)C[C@@]2(C=C[C@@H](O)CC2)CCO1. The number of allylic oxidation sites excluding steroid dienone is 1. The van der Waals surface area contributed by atoms with Gasteiger partial charge in [0.15, 0.2) is 0 Å². The van der Waals surface area contributed by atoms with Crippen molar-refractivity contribution in [3.05, 3.63) is 12.2 Å². The van der Waals surface area contributed by atoms with Gasteiger partial charge in [-0.1, -0.05) is 19.1 Å². The van der Waals surface area contributed by atoms with Gasteiger partial charge in [0.1, 0.15) is 0 Å². The molecule has 2 nitrogen and oxygen atoms in total. The zero-order valence-electron chi connectivity index (χ0n) is 9.83. The molecule has 0 unspecified atom stereocenters. The van der Waals surface area contributed by atoms with Gasteiger partial charge in [0, 0.05) is 6.61 Å². The summed E-state index contributed by atoms with van der Waals surface area (Å²) in [6.45, 7) is 5.28. The van der Waals surface area contributed by atoms with E-state index >= 15 is 0 Å². The highest BCUT2D eigenvalue weighted by Gasteiger charge is 2.41. The van der Waals surface area contributed by atoms with Crippen LogP contribution in [0, 0.1) is 5.41 Å². The second kappa shape index (κ2) is 3.91. The summed E-state index contributed by atoms with van der Waals surface area (Å²) in [6.07, 6.45) is 9.34. The van der Waals surface area contributed by atoms with Gasteiger partial charge < -0.3 is 9.84 Å². The largest absolute Gasteiger partial charge is 0.389 e. The number of aliphatic hydroxyl groups is 1. The highest BCUT2D eigenvalue weighted by atomic mass is 16.5. The van der Waals surface area contributed by atoms with Crippen molar-refractivity contribution in [2.45, 2.75) is 57.7 Å². The molecule has 1 N–H and O–H groups in total. The Morgan fingerprint density at radius 1 is 1.47 bits per heavy atom. The number of rotatable bonds is 1. The first-order valence-corrected chi connectivity index (χ1v) is 6.09. The second-order valence-corrected chi connectivity index (χ2v) is 5.41. The molecule has 0 aromatic heterocycles. The van der Waals surface area contributed by atoms with E-state index in [9.17, 15) is 5.11 Å². The summed E-state index contributed by atoms with van der Waals surface area (Å²) in [6, 6.07) is 0. The first-order valence-electron chi connectivity index (χ1n) is 6.09. The molecule has 1 aliphatic carbocycles. The van der Waals surface area contributed by atoms with E-state index in [1.165, 1.54) is 0 Å². The zero-order chi connectivity index (χ0) is 10.9. The minimum Gasteiger partial charge on any atom is -0.389 e. The van der Waals surface area contributed by atoms with Gasteiger partial charge in [-0.2, -0.15) is 0 Å². The molecule has 1 spiro atoms. The van der Waals surface area contributed by atoms with E-state index in [4.69, 9.17) is 4.74 Å². The Balaban J connectivity index is 2.12. The highest BCUT2D eigenvalue weighted by molar-refractivity contribution is 5.10. The summed E-state index contributed by atoms with van der Waals surface area (Å²) in [7, 11) is 0. The first kappa shape index (κ1) is 11.2. The van der Waals surface area contributed by atoms with Crippen LogP contribution in [0.15, 0.2) is 12.2 Å². The fourth-order valence-electron chi connectivity index (χ4n) is 2.90. The minimum atomic E-state index is -0.216. The molecule has 0 bridgehead atoms. The maximum absolute atomic E-state index is 9.49. The topological polar surface area (TPSA) is 29.5 Å². The lowest BCUT2D eigenvalue weighted by molar-refractivity contribution is -0.110. The van der Waals surface area contributed by atoms with Crippen LogP contribution in [-0.4, -0.2) is 23.4 Å². The van der Waals surface area contributed by atoms with Crippen LogP contribution in [0.2, 0.25) is 0 Å². The van der Waals surface area contributed by atoms with Crippen molar-refractivity contribution >= 4 is 0 Å². The van der Waals surface area contributed by atoms with Gasteiger partial charge in [-0.05, 0) is 44.4 Å². The van der Waals surface area contributed by atoms with Crippen LogP contribution in [0.4, 0.5) is 0 Å². The second-order valence-electron chi connectivity index (χ2n) is 5.41. The van der Waals surface area contributed by atoms with Gasteiger partial charge >= 0.3 is 0 Å². The van der Waals surface area contributed by atoms with Crippen molar-refractivity contribution in [1.29, 1.82) is 0 Å². The summed E-state index contributed by atoms with van der Waals surface area (Å²) in [5.74, 6) is 0. The molecule has 0 radical (unpaired) electrons. The Morgan fingerprint density at radius 3 is 2.87 bits per heavy atom. The van der Waals surface area contributed by atoms with Gasteiger partial charge in [-0.15, -0.1) is 0 Å². The molecule has 15 heavy (non-hydrogen) atoms. The zero-order valence-corrected chi connectivity index (χ0v) is 9.83. The molecule has 0 aromatic rings. The van der Waals surface area contributed by atoms with Crippen LogP contribution in [0.3, 0.4) is 0 Å². The summed E-state index contributed by atoms with van der Waals surface area (Å²) in [4.78, 5) is 0. The predicted octanol–water partition coefficient (Wildman–Crippen LogP) is 2.66. The predicted molar refractivity (Wildman–Crippen MR) is 60.7 cm³/mol. The van der Waals surface area contributed by atoms with E-state index in [-0.39, 0.29) is 11.7 Å². The smallest absolute Gasteiger partial charge is 0.0721 e. The molecule has 1 heterocycles. The molecule has 1 aliphatic heterocycles. The lowest BCUT2D eigenvalue weighted by atomic mass is 9.67. The van der Waals surface area contributed by atoms with Crippen molar-refractivity contribution in [3.63, 3.8) is 0 Å². The van der Waals surface area contributed by atoms with Crippen molar-refractivity contribution in [3.8, 4) is 0 Å². The van der Waals surface area contributed by atoms with Crippen molar-refractivity contribution in [2.75, 3.05) is 6.61 Å². The Bertz CT molecular complexity index is 261. The van der Waals surface area contributed by atoms with E-state index in [2.05, 4.69) is 19.9 Å². The Labute approximate surface area is 92.3 Å². The van der Waals surface area contributed by atoms with Gasteiger partial charge in [-0.3, -0.25) is 0 Å². The summed E-state index contributed by atoms with van der Waals surface area (Å²) in [5.41, 5.74) is 0.354. The molecule has 0 saturated carbocycles. The van der Waals surface area contributed by atoms with Crippen LogP contribution < -0.4 is 0 Å². The Hall–Kier alpha value is -0.340. The van der Waals surface area contributed by atoms with Gasteiger partial charge in [0.05, 0.1) is 11.7 Å². The normalized spacial score (nSPS) is 45.9. The maximum Gasteiger partial charge on any atom is 0.0721 e. The van der Waals surface area contributed by atoms with E-state index in [1.54, 1.807) is 0 Å². The van der Waals surface area contributed by atoms with Crippen LogP contribution in [0.25, 0.3) is 0 Å². The lowest BCUT2D eigenvalue weighted by Crippen LogP contribution is -2.43. The molecule has 2 heteroatoms. The van der Waals surface area contributed by atoms with Crippen LogP contribution in [-0.2, 0) is 4.74 Å². The molecule has 0 aromatic carbocycles. The van der Waals surface area contributed by atoms with Crippen molar-refractivity contribution in [1.82, 2.24) is 0 Å². The molecule has 2 aliphatic rings. The molecule has 2 rings (SSSR count). The van der Waals surface area contributed by atoms with Crippen LogP contribution in [0.5, 0.6) is 0 Å². The standard InChI is InChI=1S/C13H22O2/c1-3-12(2)10-13(8-9-15-12)6-4-11(14)5-7-13/h4,6,11,14H,3,5,7-10H2,1-2H3/t11-,12+,13-/m1/s1. The van der Waals surface area contributed by atoms with E-state index in [1.807, 2.05) is 6.08 Å². The monoisotopic (exact) mass is 210 g/mol. The molecule has 3 atom stereocenters. The van der Waals surface area contributed by atoms with Crippen molar-refractivity contribution < 1.29 is 9.84 Å². The van der Waals surface area contributed by atoms with Crippen LogP contribution >= 0.6 is 0 Å². The number of hydrogen-bond donors (Lipinski definition) is 1. The highest BCUT2D eigenvalue weighted by Crippen LogP contribution is 2.46. The third-order valence-electron chi connectivity index (χ3n) is 4.13. The molecule has 86 valence electrons. The van der Waals surface area contributed by atoms with Crippen molar-refractivity contribution in [2.24, 2.45) is 5.41 Å². The first-order chi connectivity index (χ1) is 7.08. The molecule has 1 saturated heterocycles. The van der Waals surface area contributed by atoms with Gasteiger partial charge in [-0.25, -0.2) is 0 Å². The van der Waals surface area contributed by atoms with E-state index in [0.717, 1.165) is 38.7 Å². The maximum atomic E-state index is 9.49. The molecule has 1 fully saturated rings. The quantitative estimate of drug-likeness (QED) is 0.674. The summed E-state index contributed by atoms with van der Waals surface area (Å²) >= 11 is 0. The third-order valence-corrected chi connectivity index (χ3v) is 4.13. The Morgan fingerprint density at radius 2 is 2.27 bits per heavy atom. The Kier molecular flexibility index (Phi) is 2.91. The molecular weight excluding hydrogens is 188 g/mol. The molecular formula is C13H22O2. The number of aliphatic hydroxyl groups excluding tert-OH is 1. The third kappa shape index (κ3) is 2.26. The fourth-order valence-corrected chi connectivity index (χ4v) is 2.90. The average molecular weight is 210 g/mol. The van der Waals surface area contributed by atoms with Gasteiger partial charge in [0.2, 0.25) is 0 Å². The summed E-state index contributed by atoms with van der Waals surface area (Å²) in [5, 5.41) is 9.49. The minimum absolute atomic E-state index is 0.0465. The average Bonchev–Trinajstić information content (AvgIpc) is 2.23. The molecule has 0 amide bonds. The van der Waals surface area contributed by atoms with Crippen LogP contribution in [0.1, 0.15) is 46.0 Å². The number of hydrogen-bond acceptors (Lipinski definition) is 2. The lowest BCUT2D eigenvalue weighted by Gasteiger charge is -2.46. The summed E-state index contributed by atoms with van der Waals surface area (Å²) < 4.78 is 5.87. The van der Waals surface area contributed by atoms with Gasteiger partial charge in [0.25, 0.3) is 0 Å². The van der Waals surface area contributed by atoms with E-state index in [0.29, 0.717) is 5.41 Å². The van der Waals surface area contributed by atoms with E-state index < -0.39 is 0 Å². The number of ether oxygens (including phenoxy) is 1.